The van der Waals surface area contributed by atoms with Crippen LogP contribution in [0, 0.1) is 19.8 Å². The highest BCUT2D eigenvalue weighted by Crippen LogP contribution is 2.21. The molecule has 1 heterocycles. The Hall–Kier alpha value is -2.06. The number of carboxylic acids is 1. The number of hydrogen-bond acceptors (Lipinski definition) is 3. The molecule has 2 N–H and O–H groups in total. The van der Waals surface area contributed by atoms with Gasteiger partial charge in [-0.3, -0.25) is 14.3 Å². The summed E-state index contributed by atoms with van der Waals surface area (Å²) in [5, 5.41) is 15.0. The summed E-state index contributed by atoms with van der Waals surface area (Å²) in [7, 11) is 0. The van der Waals surface area contributed by atoms with E-state index in [1.54, 1.807) is 0 Å². The average molecular weight is 321 g/mol. The Morgan fingerprint density at radius 3 is 2.45 bits per heavy atom. The molecule has 0 aliphatic carbocycles. The van der Waals surface area contributed by atoms with E-state index in [4.69, 9.17) is 5.11 Å². The summed E-state index contributed by atoms with van der Waals surface area (Å²) in [5.74, 6) is -2.23. The van der Waals surface area contributed by atoms with Gasteiger partial charge < -0.3 is 10.4 Å². The van der Waals surface area contributed by atoms with Crippen LogP contribution >= 0.6 is 0 Å². The van der Waals surface area contributed by atoms with Gasteiger partial charge in [0.2, 0.25) is 5.91 Å². The summed E-state index contributed by atoms with van der Waals surface area (Å²) in [6.07, 6.45) is -4.53. The normalized spacial score (nSPS) is 13.0. The van der Waals surface area contributed by atoms with Crippen LogP contribution in [0.2, 0.25) is 0 Å². The minimum absolute atomic E-state index is 0.0387. The number of nitrogens with zero attached hydrogens (tertiary/aromatic N) is 2. The number of amides is 1. The van der Waals surface area contributed by atoms with E-state index in [1.807, 2.05) is 0 Å². The number of aryl methyl sites for hydroxylation is 1. The third-order valence-electron chi connectivity index (χ3n) is 3.22. The molecule has 6 nitrogen and oxygen atoms in total. The van der Waals surface area contributed by atoms with Crippen molar-refractivity contribution in [1.82, 2.24) is 15.1 Å². The molecular formula is C13H18F3N3O3. The Morgan fingerprint density at radius 2 is 1.95 bits per heavy atom. The number of carbonyl (C=O) groups is 2. The first-order chi connectivity index (χ1) is 10.0. The molecule has 0 fully saturated rings. The van der Waals surface area contributed by atoms with Gasteiger partial charge in [-0.2, -0.15) is 18.3 Å². The first kappa shape index (κ1) is 18.0. The maximum atomic E-state index is 12.4. The van der Waals surface area contributed by atoms with Crippen molar-refractivity contribution in [3.63, 3.8) is 0 Å². The van der Waals surface area contributed by atoms with Gasteiger partial charge in [0.05, 0.1) is 18.0 Å². The van der Waals surface area contributed by atoms with Crippen molar-refractivity contribution < 1.29 is 27.9 Å². The smallest absolute Gasteiger partial charge is 0.408 e. The van der Waals surface area contributed by atoms with Crippen LogP contribution in [0.4, 0.5) is 13.2 Å². The van der Waals surface area contributed by atoms with E-state index in [0.29, 0.717) is 11.3 Å². The van der Waals surface area contributed by atoms with Gasteiger partial charge >= 0.3 is 12.1 Å². The zero-order valence-electron chi connectivity index (χ0n) is 12.5. The Kier molecular flexibility index (Phi) is 5.56. The third-order valence-corrected chi connectivity index (χ3v) is 3.22. The van der Waals surface area contributed by atoms with Crippen molar-refractivity contribution in [3.05, 3.63) is 17.0 Å². The number of nitrogens with one attached hydrogen (secondary N) is 1. The highest BCUT2D eigenvalue weighted by Gasteiger charge is 2.30. The van der Waals surface area contributed by atoms with Crippen LogP contribution in [0.5, 0.6) is 0 Å². The topological polar surface area (TPSA) is 84.2 Å². The van der Waals surface area contributed by atoms with Gasteiger partial charge in [0, 0.05) is 17.8 Å². The molecule has 0 saturated carbocycles. The Bertz CT molecular complexity index is 567. The van der Waals surface area contributed by atoms with Gasteiger partial charge in [0.15, 0.2) is 0 Å². The number of aromatic nitrogens is 2. The number of aliphatic carboxylic acids is 1. The molecule has 0 bridgehead atoms. The fourth-order valence-electron chi connectivity index (χ4n) is 1.89. The molecule has 0 saturated heterocycles. The predicted octanol–water partition coefficient (Wildman–Crippen LogP) is 1.44. The first-order valence-electron chi connectivity index (χ1n) is 6.60. The van der Waals surface area contributed by atoms with E-state index in [1.165, 1.54) is 20.8 Å². The molecule has 1 rings (SSSR count). The second-order valence-corrected chi connectivity index (χ2v) is 5.14. The molecule has 0 spiro atoms. The fourth-order valence-corrected chi connectivity index (χ4v) is 1.89. The number of hydrogen-bond donors (Lipinski definition) is 2. The number of carboxylic acid groups (broad SMARTS) is 1. The van der Waals surface area contributed by atoms with Crippen molar-refractivity contribution >= 4 is 11.9 Å². The Morgan fingerprint density at radius 1 is 1.36 bits per heavy atom. The number of halogens is 3. The largest absolute Gasteiger partial charge is 0.481 e. The second kappa shape index (κ2) is 6.80. The number of rotatable bonds is 6. The van der Waals surface area contributed by atoms with Crippen LogP contribution in [0.1, 0.15) is 23.9 Å². The molecule has 1 atom stereocenters. The molecule has 124 valence electrons. The highest BCUT2D eigenvalue weighted by molar-refractivity contribution is 5.80. The first-order valence-corrected chi connectivity index (χ1v) is 6.60. The maximum absolute atomic E-state index is 12.4. The summed E-state index contributed by atoms with van der Waals surface area (Å²) >= 11 is 0. The summed E-state index contributed by atoms with van der Waals surface area (Å²) in [6.45, 7) is 3.19. The monoisotopic (exact) mass is 321 g/mol. The second-order valence-electron chi connectivity index (χ2n) is 5.14. The van der Waals surface area contributed by atoms with Gasteiger partial charge in [-0.15, -0.1) is 0 Å². The van der Waals surface area contributed by atoms with E-state index in [2.05, 4.69) is 10.4 Å². The zero-order chi connectivity index (χ0) is 17.1. The summed E-state index contributed by atoms with van der Waals surface area (Å²) < 4.78 is 38.1. The van der Waals surface area contributed by atoms with Gasteiger partial charge in [-0.1, -0.05) is 6.92 Å². The van der Waals surface area contributed by atoms with Crippen LogP contribution < -0.4 is 5.32 Å². The van der Waals surface area contributed by atoms with Crippen LogP contribution in [0.15, 0.2) is 0 Å². The van der Waals surface area contributed by atoms with Crippen LogP contribution in [0.25, 0.3) is 0 Å². The van der Waals surface area contributed by atoms with Crippen LogP contribution in [0.3, 0.4) is 0 Å². The molecule has 0 aromatic carbocycles. The average Bonchev–Trinajstić information content (AvgIpc) is 2.61. The highest BCUT2D eigenvalue weighted by atomic mass is 19.4. The van der Waals surface area contributed by atoms with Crippen LogP contribution in [-0.4, -0.2) is 39.5 Å². The van der Waals surface area contributed by atoms with E-state index in [9.17, 15) is 22.8 Å². The molecule has 1 unspecified atom stereocenters. The minimum atomic E-state index is -4.39. The standard InChI is InChI=1S/C13H18F3N3O3/c1-7(12(21)22)5-17-11(20)4-10-8(2)18-19(9(10)3)6-13(14,15)16/h7H,4-6H2,1-3H3,(H,17,20)(H,21,22). The molecule has 1 amide bonds. The van der Waals surface area contributed by atoms with Crippen molar-refractivity contribution in [1.29, 1.82) is 0 Å². The molecule has 22 heavy (non-hydrogen) atoms. The van der Waals surface area contributed by atoms with Gasteiger partial charge in [0.1, 0.15) is 6.54 Å². The zero-order valence-corrected chi connectivity index (χ0v) is 12.5. The van der Waals surface area contributed by atoms with Crippen molar-refractivity contribution in [2.45, 2.75) is 39.9 Å². The Balaban J connectivity index is 2.73. The SMILES string of the molecule is Cc1nn(CC(F)(F)F)c(C)c1CC(=O)NCC(C)C(=O)O. The molecule has 9 heteroatoms. The molecular weight excluding hydrogens is 303 g/mol. The van der Waals surface area contributed by atoms with Crippen molar-refractivity contribution in [3.8, 4) is 0 Å². The van der Waals surface area contributed by atoms with Crippen LogP contribution in [-0.2, 0) is 22.6 Å². The van der Waals surface area contributed by atoms with E-state index in [-0.39, 0.29) is 18.7 Å². The molecule has 0 radical (unpaired) electrons. The lowest BCUT2D eigenvalue weighted by atomic mass is 10.1. The van der Waals surface area contributed by atoms with Gasteiger partial charge in [-0.25, -0.2) is 0 Å². The van der Waals surface area contributed by atoms with E-state index < -0.39 is 30.5 Å². The molecule has 0 aliphatic rings. The van der Waals surface area contributed by atoms with Crippen molar-refractivity contribution in [2.75, 3.05) is 6.54 Å². The van der Waals surface area contributed by atoms with E-state index >= 15 is 0 Å². The lowest BCUT2D eigenvalue weighted by molar-refractivity contribution is -0.143. The van der Waals surface area contributed by atoms with E-state index in [0.717, 1.165) is 4.68 Å². The predicted molar refractivity (Wildman–Crippen MR) is 71.3 cm³/mol. The summed E-state index contributed by atoms with van der Waals surface area (Å²) in [6, 6.07) is 0. The quantitative estimate of drug-likeness (QED) is 0.830. The number of alkyl halides is 3. The molecule has 0 aliphatic heterocycles. The summed E-state index contributed by atoms with van der Waals surface area (Å²) in [4.78, 5) is 22.4. The lowest BCUT2D eigenvalue weighted by Crippen LogP contribution is -2.32. The lowest BCUT2D eigenvalue weighted by Gasteiger charge is -2.10. The third kappa shape index (κ3) is 5.05. The van der Waals surface area contributed by atoms with Crippen molar-refractivity contribution in [2.24, 2.45) is 5.92 Å². The van der Waals surface area contributed by atoms with Gasteiger partial charge in [-0.05, 0) is 13.8 Å². The molecule has 1 aromatic heterocycles. The summed E-state index contributed by atoms with van der Waals surface area (Å²) in [5.41, 5.74) is 1.05. The van der Waals surface area contributed by atoms with Gasteiger partial charge in [0.25, 0.3) is 0 Å². The minimum Gasteiger partial charge on any atom is -0.481 e. The number of carbonyl (C=O) groups excluding carboxylic acids is 1. The maximum Gasteiger partial charge on any atom is 0.408 e. The Labute approximate surface area is 125 Å². The fraction of sp³-hybridized carbons (Fsp3) is 0.615. The molecule has 1 aromatic rings.